The van der Waals surface area contributed by atoms with E-state index in [1.807, 2.05) is 13.0 Å². The van der Waals surface area contributed by atoms with Gasteiger partial charge in [0.2, 0.25) is 0 Å². The fraction of sp³-hybridized carbons (Fsp3) is 0.250. The van der Waals surface area contributed by atoms with Crippen LogP contribution in [0.2, 0.25) is 0 Å². The third-order valence-electron chi connectivity index (χ3n) is 2.14. The number of benzene rings is 1. The zero-order valence-electron chi connectivity index (χ0n) is 8.23. The van der Waals surface area contributed by atoms with Crippen molar-refractivity contribution < 1.29 is 4.42 Å². The lowest BCUT2D eigenvalue weighted by atomic mass is 10.1. The Kier molecular flexibility index (Phi) is 2.63. The van der Waals surface area contributed by atoms with Gasteiger partial charge in [0.05, 0.1) is 6.20 Å². The molecule has 1 heterocycles. The maximum absolute atomic E-state index is 5.39. The second-order valence-electron chi connectivity index (χ2n) is 3.35. The predicted octanol–water partition coefficient (Wildman–Crippen LogP) is 2.77. The molecule has 0 bridgehead atoms. The highest BCUT2D eigenvalue weighted by Gasteiger charge is 2.00. The monoisotopic (exact) mass is 187 g/mol. The minimum atomic E-state index is 0.825. The van der Waals surface area contributed by atoms with E-state index in [0.717, 1.165) is 24.5 Å². The summed E-state index contributed by atoms with van der Waals surface area (Å²) in [5, 5.41) is 0. The highest BCUT2D eigenvalue weighted by Crippen LogP contribution is 2.07. The van der Waals surface area contributed by atoms with E-state index >= 15 is 0 Å². The van der Waals surface area contributed by atoms with E-state index < -0.39 is 0 Å². The summed E-state index contributed by atoms with van der Waals surface area (Å²) in [6.07, 6.45) is 3.62. The van der Waals surface area contributed by atoms with Crippen LogP contribution in [0.3, 0.4) is 0 Å². The smallest absolute Gasteiger partial charge is 0.194 e. The zero-order chi connectivity index (χ0) is 9.80. The Morgan fingerprint density at radius 1 is 1.14 bits per heavy atom. The number of hydrogen-bond acceptors (Lipinski definition) is 2. The summed E-state index contributed by atoms with van der Waals surface area (Å²) in [4.78, 5) is 4.16. The van der Waals surface area contributed by atoms with Crippen molar-refractivity contribution in [2.75, 3.05) is 0 Å². The average Bonchev–Trinajstić information content (AvgIpc) is 2.63. The molecule has 0 aliphatic heterocycles. The zero-order valence-corrected chi connectivity index (χ0v) is 8.23. The number of aryl methyl sites for hydroxylation is 3. The molecule has 72 valence electrons. The molecule has 2 nitrogen and oxygen atoms in total. The molecule has 0 aliphatic carbocycles. The van der Waals surface area contributed by atoms with E-state index in [0.29, 0.717) is 0 Å². The van der Waals surface area contributed by atoms with Crippen LogP contribution in [0.1, 0.15) is 17.2 Å². The third kappa shape index (κ3) is 2.22. The molecule has 2 rings (SSSR count). The highest BCUT2D eigenvalue weighted by molar-refractivity contribution is 5.15. The number of hydrogen-bond donors (Lipinski definition) is 0. The molecule has 2 aromatic rings. The van der Waals surface area contributed by atoms with Crippen molar-refractivity contribution in [2.45, 2.75) is 19.8 Å². The van der Waals surface area contributed by atoms with E-state index in [4.69, 9.17) is 4.42 Å². The van der Waals surface area contributed by atoms with Crippen molar-refractivity contribution in [3.63, 3.8) is 0 Å². The summed E-state index contributed by atoms with van der Waals surface area (Å²) in [7, 11) is 0. The van der Waals surface area contributed by atoms with E-state index in [1.165, 1.54) is 5.56 Å². The molecule has 2 heteroatoms. The molecule has 0 spiro atoms. The van der Waals surface area contributed by atoms with Gasteiger partial charge in [-0.15, -0.1) is 0 Å². The van der Waals surface area contributed by atoms with Crippen molar-refractivity contribution in [1.82, 2.24) is 4.98 Å². The molecule has 1 aromatic carbocycles. The Morgan fingerprint density at radius 3 is 2.57 bits per heavy atom. The Morgan fingerprint density at radius 2 is 1.93 bits per heavy atom. The second kappa shape index (κ2) is 4.09. The SMILES string of the molecule is Cc1cnc(CCc2ccccc2)o1. The first kappa shape index (κ1) is 9.00. The molecule has 0 N–H and O–H groups in total. The Hall–Kier alpha value is -1.57. The quantitative estimate of drug-likeness (QED) is 0.738. The lowest BCUT2D eigenvalue weighted by molar-refractivity contribution is 0.470. The van der Waals surface area contributed by atoms with Crippen molar-refractivity contribution >= 4 is 0 Å². The number of rotatable bonds is 3. The van der Waals surface area contributed by atoms with Crippen molar-refractivity contribution in [2.24, 2.45) is 0 Å². The van der Waals surface area contributed by atoms with E-state index in [1.54, 1.807) is 6.20 Å². The first-order valence-corrected chi connectivity index (χ1v) is 4.80. The molecular weight excluding hydrogens is 174 g/mol. The first-order valence-electron chi connectivity index (χ1n) is 4.80. The van der Waals surface area contributed by atoms with E-state index in [2.05, 4.69) is 29.2 Å². The van der Waals surface area contributed by atoms with Gasteiger partial charge in [0.15, 0.2) is 5.89 Å². The molecule has 0 saturated carbocycles. The number of aromatic nitrogens is 1. The molecule has 0 unspecified atom stereocenters. The van der Waals surface area contributed by atoms with Gasteiger partial charge in [-0.2, -0.15) is 0 Å². The average molecular weight is 187 g/mol. The van der Waals surface area contributed by atoms with Crippen LogP contribution in [-0.2, 0) is 12.8 Å². The molecule has 1 aromatic heterocycles. The molecule has 0 radical (unpaired) electrons. The van der Waals surface area contributed by atoms with E-state index in [-0.39, 0.29) is 0 Å². The summed E-state index contributed by atoms with van der Waals surface area (Å²) in [6, 6.07) is 10.4. The molecular formula is C12H13NO. The van der Waals surface area contributed by atoms with Crippen LogP contribution in [0.4, 0.5) is 0 Å². The summed E-state index contributed by atoms with van der Waals surface area (Å²) < 4.78 is 5.39. The van der Waals surface area contributed by atoms with Crippen LogP contribution in [-0.4, -0.2) is 4.98 Å². The molecule has 0 saturated heterocycles. The minimum Gasteiger partial charge on any atom is -0.446 e. The fourth-order valence-electron chi connectivity index (χ4n) is 1.41. The molecule has 0 amide bonds. The van der Waals surface area contributed by atoms with Gasteiger partial charge in [-0.25, -0.2) is 4.98 Å². The molecule has 0 atom stereocenters. The van der Waals surface area contributed by atoms with E-state index in [9.17, 15) is 0 Å². The Labute approximate surface area is 83.6 Å². The summed E-state index contributed by atoms with van der Waals surface area (Å²) in [5.74, 6) is 1.71. The van der Waals surface area contributed by atoms with Gasteiger partial charge in [0.1, 0.15) is 5.76 Å². The van der Waals surface area contributed by atoms with Gasteiger partial charge in [0, 0.05) is 6.42 Å². The largest absolute Gasteiger partial charge is 0.446 e. The standard InChI is InChI=1S/C12H13NO/c1-10-9-13-12(14-10)8-7-11-5-3-2-4-6-11/h2-6,9H,7-8H2,1H3. The topological polar surface area (TPSA) is 26.0 Å². The highest BCUT2D eigenvalue weighted by atomic mass is 16.3. The normalized spacial score (nSPS) is 10.4. The summed E-state index contributed by atoms with van der Waals surface area (Å²) in [6.45, 7) is 1.92. The van der Waals surface area contributed by atoms with Gasteiger partial charge >= 0.3 is 0 Å². The molecule has 0 aliphatic rings. The van der Waals surface area contributed by atoms with Crippen LogP contribution >= 0.6 is 0 Å². The minimum absolute atomic E-state index is 0.825. The van der Waals surface area contributed by atoms with Crippen LogP contribution < -0.4 is 0 Å². The van der Waals surface area contributed by atoms with Gasteiger partial charge in [-0.1, -0.05) is 30.3 Å². The fourth-order valence-corrected chi connectivity index (χ4v) is 1.41. The lowest BCUT2D eigenvalue weighted by Crippen LogP contribution is -1.90. The first-order chi connectivity index (χ1) is 6.84. The number of nitrogens with zero attached hydrogens (tertiary/aromatic N) is 1. The maximum Gasteiger partial charge on any atom is 0.194 e. The Bertz CT molecular complexity index is 392. The van der Waals surface area contributed by atoms with Crippen molar-refractivity contribution in [1.29, 1.82) is 0 Å². The third-order valence-corrected chi connectivity index (χ3v) is 2.14. The van der Waals surface area contributed by atoms with Crippen LogP contribution in [0.25, 0.3) is 0 Å². The second-order valence-corrected chi connectivity index (χ2v) is 3.35. The van der Waals surface area contributed by atoms with Crippen LogP contribution in [0, 0.1) is 6.92 Å². The number of oxazole rings is 1. The van der Waals surface area contributed by atoms with Gasteiger partial charge < -0.3 is 4.42 Å². The van der Waals surface area contributed by atoms with Gasteiger partial charge in [-0.05, 0) is 18.9 Å². The maximum atomic E-state index is 5.39. The van der Waals surface area contributed by atoms with Gasteiger partial charge in [-0.3, -0.25) is 0 Å². The predicted molar refractivity (Wildman–Crippen MR) is 55.1 cm³/mol. The summed E-state index contributed by atoms with van der Waals surface area (Å²) >= 11 is 0. The lowest BCUT2D eigenvalue weighted by Gasteiger charge is -1.97. The molecule has 14 heavy (non-hydrogen) atoms. The van der Waals surface area contributed by atoms with Crippen LogP contribution in [0.15, 0.2) is 40.9 Å². The van der Waals surface area contributed by atoms with Crippen LogP contribution in [0.5, 0.6) is 0 Å². The van der Waals surface area contributed by atoms with Crippen molar-refractivity contribution in [3.8, 4) is 0 Å². The summed E-state index contributed by atoms with van der Waals surface area (Å²) in [5.41, 5.74) is 1.32. The van der Waals surface area contributed by atoms with Crippen molar-refractivity contribution in [3.05, 3.63) is 53.7 Å². The van der Waals surface area contributed by atoms with Gasteiger partial charge in [0.25, 0.3) is 0 Å². The Balaban J connectivity index is 1.95. The molecule has 0 fully saturated rings.